The number of hydrogen-bond acceptors (Lipinski definition) is 12. The summed E-state index contributed by atoms with van der Waals surface area (Å²) < 4.78 is 162. The van der Waals surface area contributed by atoms with Crippen molar-refractivity contribution in [1.82, 2.24) is 0 Å². The van der Waals surface area contributed by atoms with Crippen molar-refractivity contribution in [2.24, 2.45) is 21.9 Å². The molecule has 0 radical (unpaired) electrons. The molecule has 2 aliphatic rings. The monoisotopic (exact) mass is 824 g/mol. The Morgan fingerprint density at radius 1 is 0.589 bits per heavy atom. The lowest BCUT2D eigenvalue weighted by Gasteiger charge is -2.38. The number of nitrogens with zero attached hydrogens (tertiary/aromatic N) is 2. The number of rotatable bonds is 7. The Bertz CT molecular complexity index is 2440. The summed E-state index contributed by atoms with van der Waals surface area (Å²) in [5, 5.41) is 23.8. The van der Waals surface area contributed by atoms with E-state index in [0.29, 0.717) is 12.1 Å². The third kappa shape index (κ3) is 6.52. The fraction of sp³-hybridized carbons (Fsp3) is 0.176. The van der Waals surface area contributed by atoms with Crippen LogP contribution in [0.2, 0.25) is 0 Å². The highest BCUT2D eigenvalue weighted by Gasteiger charge is 2.56. The predicted octanol–water partition coefficient (Wildman–Crippen LogP) is 5.59. The van der Waals surface area contributed by atoms with E-state index in [1.807, 2.05) is 0 Å². The molecule has 0 saturated heterocycles. The van der Waals surface area contributed by atoms with E-state index in [9.17, 15) is 52.3 Å². The van der Waals surface area contributed by atoms with Gasteiger partial charge in [0, 0.05) is 35.1 Å². The summed E-state index contributed by atoms with van der Waals surface area (Å²) in [6.45, 7) is 0. The highest BCUT2D eigenvalue weighted by Crippen LogP contribution is 2.52. The van der Waals surface area contributed by atoms with E-state index in [4.69, 9.17) is 22.5 Å². The summed E-state index contributed by atoms with van der Waals surface area (Å²) in [6.07, 6.45) is -13.0. The molecule has 0 amide bonds. The summed E-state index contributed by atoms with van der Waals surface area (Å²) in [6, 6.07) is 14.9. The van der Waals surface area contributed by atoms with Gasteiger partial charge in [-0.1, -0.05) is 72.8 Å². The van der Waals surface area contributed by atoms with E-state index >= 15 is 0 Å². The van der Waals surface area contributed by atoms with Crippen molar-refractivity contribution in [3.63, 3.8) is 0 Å². The second kappa shape index (κ2) is 13.4. The first-order valence-corrected chi connectivity index (χ1v) is 18.5. The van der Waals surface area contributed by atoms with Gasteiger partial charge in [0.2, 0.25) is 0 Å². The molecule has 0 saturated carbocycles. The first kappa shape index (κ1) is 39.8. The standard InChI is InChI=1S/C34H26F6N6O8S2/c35-33(36,37)53-27-13-17(9-11-23(27)31(55(47,48)49)15-25(45-43)29(41)19-5-1-3-7-21(19)31)18-10-12-24(28(14-18)54-34(38,39)40)32(56(50,51)52)16-26(46-44)30(42)20-6-2-4-8-22(20)32/h1-14,41-42H,15-16,43-44H2,(H,47,48,49)(H,50,51,52). The van der Waals surface area contributed by atoms with Gasteiger partial charge in [-0.05, 0) is 34.4 Å². The zero-order valence-electron chi connectivity index (χ0n) is 28.0. The molecule has 0 spiro atoms. The number of ether oxygens (including phenoxy) is 2. The van der Waals surface area contributed by atoms with Gasteiger partial charge in [-0.15, -0.1) is 26.3 Å². The molecule has 0 aromatic heterocycles. The molecule has 8 N–H and O–H groups in total. The molecule has 2 atom stereocenters. The maximum absolute atomic E-state index is 14.0. The van der Waals surface area contributed by atoms with Gasteiger partial charge in [-0.3, -0.25) is 19.9 Å². The molecule has 2 aliphatic carbocycles. The zero-order chi connectivity index (χ0) is 41.2. The van der Waals surface area contributed by atoms with Crippen LogP contribution < -0.4 is 21.2 Å². The highest BCUT2D eigenvalue weighted by molar-refractivity contribution is 7.87. The molecular weight excluding hydrogens is 799 g/mol. The Labute approximate surface area is 312 Å². The second-order valence-corrected chi connectivity index (χ2v) is 15.8. The van der Waals surface area contributed by atoms with Crippen LogP contribution in [-0.2, 0) is 29.7 Å². The van der Waals surface area contributed by atoms with E-state index in [2.05, 4.69) is 19.7 Å². The minimum atomic E-state index is -5.53. The van der Waals surface area contributed by atoms with Gasteiger partial charge in [0.15, 0.2) is 9.49 Å². The smallest absolute Gasteiger partial charge is 0.405 e. The number of nitrogens with two attached hydrogens (primary N) is 2. The third-order valence-electron chi connectivity index (χ3n) is 9.48. The summed E-state index contributed by atoms with van der Waals surface area (Å²) in [5.41, 5.74) is -5.07. The van der Waals surface area contributed by atoms with Crippen LogP contribution in [0.15, 0.2) is 95.1 Å². The first-order valence-electron chi connectivity index (χ1n) is 15.6. The van der Waals surface area contributed by atoms with Crippen molar-refractivity contribution in [1.29, 1.82) is 10.8 Å². The number of fused-ring (bicyclic) bond motifs is 2. The Kier molecular flexibility index (Phi) is 9.55. The summed E-state index contributed by atoms with van der Waals surface area (Å²) >= 11 is 0. The fourth-order valence-electron chi connectivity index (χ4n) is 7.18. The lowest BCUT2D eigenvalue weighted by atomic mass is 9.75. The quantitative estimate of drug-likeness (QED) is 0.0584. The SMILES string of the molecule is N=C1C(=NN)CC(c2ccc(-c3ccc(C4(S(=O)(=O)O)CC(=NN)C(=N)c5ccccc54)c(OC(F)(F)F)c3)cc2OC(F)(F)F)(S(=O)(=O)O)c2ccccc21. The van der Waals surface area contributed by atoms with Crippen molar-refractivity contribution >= 4 is 43.1 Å². The Hall–Kier alpha value is -5.84. The lowest BCUT2D eigenvalue weighted by molar-refractivity contribution is -0.276. The topological polar surface area (TPSA) is 252 Å². The zero-order valence-corrected chi connectivity index (χ0v) is 29.6. The van der Waals surface area contributed by atoms with E-state index in [1.54, 1.807) is 0 Å². The van der Waals surface area contributed by atoms with Crippen LogP contribution in [-0.4, -0.2) is 61.5 Å². The van der Waals surface area contributed by atoms with Crippen molar-refractivity contribution < 1.29 is 61.8 Å². The van der Waals surface area contributed by atoms with Gasteiger partial charge in [-0.2, -0.15) is 27.0 Å². The molecule has 6 rings (SSSR count). The third-order valence-corrected chi connectivity index (χ3v) is 12.4. The van der Waals surface area contributed by atoms with Crippen molar-refractivity contribution in [3.05, 3.63) is 118 Å². The van der Waals surface area contributed by atoms with Gasteiger partial charge in [-0.25, -0.2) is 0 Å². The summed E-state index contributed by atoms with van der Waals surface area (Å²) in [7, 11) is -11.0. The van der Waals surface area contributed by atoms with Gasteiger partial charge < -0.3 is 21.2 Å². The number of hydrazone groups is 2. The summed E-state index contributed by atoms with van der Waals surface area (Å²) in [5.74, 6) is 8.35. The molecule has 56 heavy (non-hydrogen) atoms. The van der Waals surface area contributed by atoms with Crippen LogP contribution in [0.1, 0.15) is 46.2 Å². The maximum atomic E-state index is 14.0. The van der Waals surface area contributed by atoms with Crippen LogP contribution >= 0.6 is 0 Å². The second-order valence-electron chi connectivity index (χ2n) is 12.5. The minimum Gasteiger partial charge on any atom is -0.405 e. The lowest BCUT2D eigenvalue weighted by Crippen LogP contribution is -2.46. The largest absolute Gasteiger partial charge is 0.573 e. The van der Waals surface area contributed by atoms with E-state index in [-0.39, 0.29) is 44.8 Å². The van der Waals surface area contributed by atoms with Crippen molar-refractivity contribution in [3.8, 4) is 22.6 Å². The Balaban J connectivity index is 1.64. The number of hydrogen-bond donors (Lipinski definition) is 6. The van der Waals surface area contributed by atoms with E-state index in [1.165, 1.54) is 36.4 Å². The molecule has 4 aromatic carbocycles. The van der Waals surface area contributed by atoms with E-state index < -0.39 is 89.3 Å². The highest BCUT2D eigenvalue weighted by atomic mass is 32.2. The predicted molar refractivity (Wildman–Crippen MR) is 189 cm³/mol. The fourth-order valence-corrected chi connectivity index (χ4v) is 9.63. The number of alkyl halides is 6. The van der Waals surface area contributed by atoms with Gasteiger partial charge in [0.1, 0.15) is 11.5 Å². The molecule has 22 heteroatoms. The van der Waals surface area contributed by atoms with Crippen molar-refractivity contribution in [2.45, 2.75) is 35.1 Å². The molecule has 0 bridgehead atoms. The van der Waals surface area contributed by atoms with Crippen LogP contribution in [0.4, 0.5) is 26.3 Å². The molecule has 294 valence electrons. The maximum Gasteiger partial charge on any atom is 0.573 e. The van der Waals surface area contributed by atoms with E-state index in [0.717, 1.165) is 36.4 Å². The Morgan fingerprint density at radius 2 is 0.929 bits per heavy atom. The molecule has 0 aliphatic heterocycles. The molecular formula is C34H26F6N6O8S2. The van der Waals surface area contributed by atoms with Crippen LogP contribution in [0.5, 0.6) is 11.5 Å². The number of nitrogens with one attached hydrogen (secondary N) is 2. The number of halogens is 6. The molecule has 4 aromatic rings. The average molecular weight is 825 g/mol. The number of benzene rings is 4. The molecule has 0 fully saturated rings. The first-order chi connectivity index (χ1) is 26.0. The van der Waals surface area contributed by atoms with Crippen LogP contribution in [0.3, 0.4) is 0 Å². The molecule has 14 nitrogen and oxygen atoms in total. The normalized spacial score (nSPS) is 21.8. The average Bonchev–Trinajstić information content (AvgIpc) is 3.10. The summed E-state index contributed by atoms with van der Waals surface area (Å²) in [4.78, 5) is 0. The van der Waals surface area contributed by atoms with Crippen LogP contribution in [0, 0.1) is 10.8 Å². The van der Waals surface area contributed by atoms with Gasteiger partial charge in [0.25, 0.3) is 20.2 Å². The minimum absolute atomic E-state index is 0.165. The molecule has 0 heterocycles. The van der Waals surface area contributed by atoms with Crippen molar-refractivity contribution in [2.75, 3.05) is 0 Å². The van der Waals surface area contributed by atoms with Gasteiger partial charge in [0.05, 0.1) is 22.8 Å². The molecule has 2 unspecified atom stereocenters. The van der Waals surface area contributed by atoms with Gasteiger partial charge >= 0.3 is 12.7 Å². The van der Waals surface area contributed by atoms with Crippen LogP contribution in [0.25, 0.3) is 11.1 Å². The Morgan fingerprint density at radius 3 is 1.23 bits per heavy atom.